The number of carbonyl (C=O) groups excluding carboxylic acids is 1. The number of carboxylic acid groups (broad SMARTS) is 1. The first kappa shape index (κ1) is 16.5. The molecule has 0 saturated carbocycles. The number of carbonyl (C=O) groups is 2. The Bertz CT molecular complexity index is 561. The van der Waals surface area contributed by atoms with Gasteiger partial charge < -0.3 is 10.4 Å². The SMILES string of the molecule is CCC(CNC(=O)c1ccc(F)c([N+](=O)[O-])c1)CC(=O)O. The highest BCUT2D eigenvalue weighted by atomic mass is 19.1. The van der Waals surface area contributed by atoms with Gasteiger partial charge in [0, 0.05) is 24.6 Å². The monoisotopic (exact) mass is 298 g/mol. The van der Waals surface area contributed by atoms with E-state index in [1.54, 1.807) is 6.92 Å². The van der Waals surface area contributed by atoms with Crippen molar-refractivity contribution in [3.8, 4) is 0 Å². The molecule has 1 atom stereocenters. The lowest BCUT2D eigenvalue weighted by molar-refractivity contribution is -0.387. The molecule has 1 aromatic carbocycles. The van der Waals surface area contributed by atoms with Crippen LogP contribution in [0.5, 0.6) is 0 Å². The molecule has 0 aromatic heterocycles. The van der Waals surface area contributed by atoms with Crippen molar-refractivity contribution in [1.82, 2.24) is 5.32 Å². The van der Waals surface area contributed by atoms with Crippen molar-refractivity contribution in [2.45, 2.75) is 19.8 Å². The molecule has 0 bridgehead atoms. The van der Waals surface area contributed by atoms with Gasteiger partial charge in [0.2, 0.25) is 5.82 Å². The van der Waals surface area contributed by atoms with Gasteiger partial charge in [-0.15, -0.1) is 0 Å². The van der Waals surface area contributed by atoms with Crippen LogP contribution in [-0.4, -0.2) is 28.5 Å². The van der Waals surface area contributed by atoms with E-state index in [2.05, 4.69) is 5.32 Å². The molecule has 1 rings (SSSR count). The molecule has 7 nitrogen and oxygen atoms in total. The third-order valence-electron chi connectivity index (χ3n) is 3.00. The first-order chi connectivity index (χ1) is 9.85. The number of carboxylic acids is 1. The van der Waals surface area contributed by atoms with Gasteiger partial charge in [0.15, 0.2) is 0 Å². The first-order valence-corrected chi connectivity index (χ1v) is 6.29. The number of halogens is 1. The van der Waals surface area contributed by atoms with Crippen molar-refractivity contribution >= 4 is 17.6 Å². The van der Waals surface area contributed by atoms with Crippen LogP contribution >= 0.6 is 0 Å². The Labute approximate surface area is 119 Å². The lowest BCUT2D eigenvalue weighted by Gasteiger charge is -2.13. The zero-order valence-corrected chi connectivity index (χ0v) is 11.3. The average Bonchev–Trinajstić information content (AvgIpc) is 2.42. The van der Waals surface area contributed by atoms with Crippen molar-refractivity contribution in [3.63, 3.8) is 0 Å². The van der Waals surface area contributed by atoms with E-state index in [9.17, 15) is 24.1 Å². The molecule has 0 saturated heterocycles. The zero-order chi connectivity index (χ0) is 16.0. The van der Waals surface area contributed by atoms with Crippen LogP contribution < -0.4 is 5.32 Å². The van der Waals surface area contributed by atoms with E-state index < -0.39 is 28.3 Å². The fourth-order valence-electron chi connectivity index (χ4n) is 1.74. The second-order valence-electron chi connectivity index (χ2n) is 4.51. The predicted octanol–water partition coefficient (Wildman–Crippen LogP) is 1.96. The summed E-state index contributed by atoms with van der Waals surface area (Å²) >= 11 is 0. The molecule has 114 valence electrons. The summed E-state index contributed by atoms with van der Waals surface area (Å²) in [5, 5.41) is 21.8. The Hall–Kier alpha value is -2.51. The molecule has 0 aliphatic rings. The van der Waals surface area contributed by atoms with Gasteiger partial charge in [-0.25, -0.2) is 0 Å². The van der Waals surface area contributed by atoms with E-state index in [-0.39, 0.29) is 24.4 Å². The fraction of sp³-hybridized carbons (Fsp3) is 0.385. The summed E-state index contributed by atoms with van der Waals surface area (Å²) in [6.45, 7) is 1.93. The van der Waals surface area contributed by atoms with Crippen molar-refractivity contribution in [3.05, 3.63) is 39.7 Å². The molecule has 0 spiro atoms. The second kappa shape index (κ2) is 7.32. The number of rotatable bonds is 7. The minimum Gasteiger partial charge on any atom is -0.481 e. The number of nitrogens with one attached hydrogen (secondary N) is 1. The quantitative estimate of drug-likeness (QED) is 0.590. The molecule has 0 fully saturated rings. The Balaban J connectivity index is 2.74. The summed E-state index contributed by atoms with van der Waals surface area (Å²) in [5.74, 6) is -2.83. The fourth-order valence-corrected chi connectivity index (χ4v) is 1.74. The summed E-state index contributed by atoms with van der Waals surface area (Å²) in [7, 11) is 0. The lowest BCUT2D eigenvalue weighted by atomic mass is 10.0. The summed E-state index contributed by atoms with van der Waals surface area (Å²) in [4.78, 5) is 32.1. The van der Waals surface area contributed by atoms with Crippen LogP contribution in [-0.2, 0) is 4.79 Å². The molecule has 8 heteroatoms. The number of hydrogen-bond donors (Lipinski definition) is 2. The highest BCUT2D eigenvalue weighted by Crippen LogP contribution is 2.18. The number of nitrogens with zero attached hydrogens (tertiary/aromatic N) is 1. The Morgan fingerprint density at radius 1 is 1.48 bits per heavy atom. The smallest absolute Gasteiger partial charge is 0.305 e. The Morgan fingerprint density at radius 3 is 2.67 bits per heavy atom. The van der Waals surface area contributed by atoms with E-state index in [1.807, 2.05) is 0 Å². The minimum absolute atomic E-state index is 0.0479. The molecule has 2 N–H and O–H groups in total. The largest absolute Gasteiger partial charge is 0.481 e. The highest BCUT2D eigenvalue weighted by Gasteiger charge is 2.18. The minimum atomic E-state index is -1.02. The van der Waals surface area contributed by atoms with E-state index in [0.29, 0.717) is 6.42 Å². The molecule has 0 heterocycles. The Kier molecular flexibility index (Phi) is 5.77. The van der Waals surface area contributed by atoms with Gasteiger partial charge in [0.1, 0.15) is 0 Å². The summed E-state index contributed by atoms with van der Waals surface area (Å²) in [6.07, 6.45) is 0.483. The molecule has 0 aliphatic heterocycles. The maximum Gasteiger partial charge on any atom is 0.305 e. The summed E-state index contributed by atoms with van der Waals surface area (Å²) in [5.41, 5.74) is -0.825. The molecule has 1 aromatic rings. The molecular weight excluding hydrogens is 283 g/mol. The van der Waals surface area contributed by atoms with Gasteiger partial charge in [-0.2, -0.15) is 4.39 Å². The molecule has 1 unspecified atom stereocenters. The third-order valence-corrected chi connectivity index (χ3v) is 3.00. The molecule has 1 amide bonds. The van der Waals surface area contributed by atoms with Gasteiger partial charge in [0.25, 0.3) is 5.91 Å². The van der Waals surface area contributed by atoms with Crippen LogP contribution in [0.3, 0.4) is 0 Å². The zero-order valence-electron chi connectivity index (χ0n) is 11.3. The number of amides is 1. The van der Waals surface area contributed by atoms with Gasteiger partial charge in [-0.3, -0.25) is 19.7 Å². The van der Waals surface area contributed by atoms with Crippen LogP contribution in [0.15, 0.2) is 18.2 Å². The molecule has 21 heavy (non-hydrogen) atoms. The molecule has 0 aliphatic carbocycles. The van der Waals surface area contributed by atoms with Crippen LogP contribution in [0, 0.1) is 21.8 Å². The standard InChI is InChI=1S/C13H15FN2O5/c1-2-8(5-12(17)18)7-15-13(19)9-3-4-10(14)11(6-9)16(20)21/h3-4,6,8H,2,5,7H2,1H3,(H,15,19)(H,17,18). The maximum atomic E-state index is 13.2. The van der Waals surface area contributed by atoms with E-state index in [1.165, 1.54) is 0 Å². The normalized spacial score (nSPS) is 11.7. The van der Waals surface area contributed by atoms with Crippen LogP contribution in [0.1, 0.15) is 30.1 Å². The number of nitro benzene ring substituents is 1. The van der Waals surface area contributed by atoms with Gasteiger partial charge in [0.05, 0.1) is 4.92 Å². The van der Waals surface area contributed by atoms with Crippen molar-refractivity contribution < 1.29 is 24.0 Å². The predicted molar refractivity (Wildman–Crippen MR) is 71.4 cm³/mol. The lowest BCUT2D eigenvalue weighted by Crippen LogP contribution is -2.30. The molecule has 0 radical (unpaired) electrons. The topological polar surface area (TPSA) is 110 Å². The van der Waals surface area contributed by atoms with Gasteiger partial charge in [-0.05, 0) is 18.1 Å². The van der Waals surface area contributed by atoms with E-state index >= 15 is 0 Å². The maximum absolute atomic E-state index is 13.2. The number of nitro groups is 1. The van der Waals surface area contributed by atoms with Crippen LogP contribution in [0.4, 0.5) is 10.1 Å². The van der Waals surface area contributed by atoms with Crippen molar-refractivity contribution in [2.75, 3.05) is 6.54 Å². The van der Waals surface area contributed by atoms with Crippen LogP contribution in [0.2, 0.25) is 0 Å². The average molecular weight is 298 g/mol. The van der Waals surface area contributed by atoms with Crippen molar-refractivity contribution in [1.29, 1.82) is 0 Å². The number of benzene rings is 1. The first-order valence-electron chi connectivity index (χ1n) is 6.29. The van der Waals surface area contributed by atoms with E-state index in [0.717, 1.165) is 18.2 Å². The number of hydrogen-bond acceptors (Lipinski definition) is 4. The van der Waals surface area contributed by atoms with Crippen molar-refractivity contribution in [2.24, 2.45) is 5.92 Å². The Morgan fingerprint density at radius 2 is 2.14 bits per heavy atom. The third kappa shape index (κ3) is 4.83. The molecular formula is C13H15FN2O5. The summed E-state index contributed by atoms with van der Waals surface area (Å²) in [6, 6.07) is 2.83. The van der Waals surface area contributed by atoms with Crippen LogP contribution in [0.25, 0.3) is 0 Å². The van der Waals surface area contributed by atoms with E-state index in [4.69, 9.17) is 5.11 Å². The highest BCUT2D eigenvalue weighted by molar-refractivity contribution is 5.94. The second-order valence-corrected chi connectivity index (χ2v) is 4.51. The number of aliphatic carboxylic acids is 1. The van der Waals surface area contributed by atoms with Gasteiger partial charge >= 0.3 is 11.7 Å². The summed E-state index contributed by atoms with van der Waals surface area (Å²) < 4.78 is 13.2. The van der Waals surface area contributed by atoms with Gasteiger partial charge in [-0.1, -0.05) is 13.3 Å².